The molecule has 0 fully saturated rings. The number of carboxylic acid groups (broad SMARTS) is 1. The molecule has 2 N–H and O–H groups in total. The first-order valence-electron chi connectivity index (χ1n) is 19.9. The van der Waals surface area contributed by atoms with Crippen molar-refractivity contribution in [3.8, 4) is 0 Å². The second-order valence-corrected chi connectivity index (χ2v) is 16.9. The van der Waals surface area contributed by atoms with Gasteiger partial charge in [-0.05, 0) is 51.1 Å². The molecule has 0 unspecified atom stereocenters. The summed E-state index contributed by atoms with van der Waals surface area (Å²) in [5.41, 5.74) is 8.30. The fraction of sp³-hybridized carbons (Fsp3) is 0.154. The highest BCUT2D eigenvalue weighted by molar-refractivity contribution is 8.00. The number of benzene rings is 7. The van der Waals surface area contributed by atoms with Crippen LogP contribution in [-0.2, 0) is 20.8 Å². The van der Waals surface area contributed by atoms with Crippen molar-refractivity contribution in [3.05, 3.63) is 251 Å². The Morgan fingerprint density at radius 3 is 1.15 bits per heavy atom. The van der Waals surface area contributed by atoms with E-state index in [0.29, 0.717) is 25.4 Å². The number of thioether (sulfide) groups is 2. The third-order valence-electron chi connectivity index (χ3n) is 10.5. The van der Waals surface area contributed by atoms with Gasteiger partial charge < -0.3 is 10.4 Å². The quantitative estimate of drug-likeness (QED) is 0.0626. The molecule has 7 aromatic rings. The van der Waals surface area contributed by atoms with E-state index in [-0.39, 0.29) is 18.0 Å². The Bertz CT molecular complexity index is 2160. The highest BCUT2D eigenvalue weighted by Crippen LogP contribution is 2.49. The molecule has 0 bridgehead atoms. The van der Waals surface area contributed by atoms with Crippen molar-refractivity contribution in [2.24, 2.45) is 0 Å². The van der Waals surface area contributed by atoms with E-state index in [1.165, 1.54) is 33.4 Å². The van der Waals surface area contributed by atoms with Gasteiger partial charge in [-0.1, -0.05) is 194 Å². The van der Waals surface area contributed by atoms with E-state index < -0.39 is 15.5 Å². The third-order valence-corrected chi connectivity index (χ3v) is 13.6. The molecule has 0 aliphatic rings. The molecule has 0 heterocycles. The molecule has 0 aromatic heterocycles. The molecule has 0 saturated heterocycles. The smallest absolute Gasteiger partial charge is 0.335 e. The van der Waals surface area contributed by atoms with Crippen LogP contribution in [0.2, 0.25) is 0 Å². The summed E-state index contributed by atoms with van der Waals surface area (Å²) in [6, 6.07) is 70.6. The molecule has 0 aliphatic carbocycles. The van der Waals surface area contributed by atoms with Gasteiger partial charge in [0.15, 0.2) is 0 Å². The lowest BCUT2D eigenvalue weighted by Gasteiger charge is -2.36. The monoisotopic (exact) mass is 812 g/mol. The van der Waals surface area contributed by atoms with Gasteiger partial charge in [-0.25, -0.2) is 4.79 Å². The van der Waals surface area contributed by atoms with Gasteiger partial charge in [-0.3, -0.25) is 9.69 Å². The van der Waals surface area contributed by atoms with Crippen LogP contribution in [0.3, 0.4) is 0 Å². The van der Waals surface area contributed by atoms with Gasteiger partial charge in [0.25, 0.3) is 0 Å². The normalized spacial score (nSPS) is 11.6. The summed E-state index contributed by atoms with van der Waals surface area (Å²) in [5, 5.41) is 12.8. The van der Waals surface area contributed by atoms with Gasteiger partial charge in [0.1, 0.15) is 0 Å². The van der Waals surface area contributed by atoms with Crippen LogP contribution in [0.5, 0.6) is 0 Å². The zero-order valence-corrected chi connectivity index (χ0v) is 34.5. The second kappa shape index (κ2) is 20.2. The van der Waals surface area contributed by atoms with Crippen molar-refractivity contribution in [1.82, 2.24) is 10.2 Å². The minimum absolute atomic E-state index is 0.0528. The number of amides is 1. The van der Waals surface area contributed by atoms with Crippen LogP contribution < -0.4 is 5.32 Å². The fourth-order valence-electron chi connectivity index (χ4n) is 7.74. The largest absolute Gasteiger partial charge is 0.478 e. The fourth-order valence-corrected chi connectivity index (χ4v) is 10.7. The van der Waals surface area contributed by atoms with Crippen LogP contribution in [0.15, 0.2) is 206 Å². The van der Waals surface area contributed by atoms with Gasteiger partial charge in [0, 0.05) is 31.1 Å². The lowest BCUT2D eigenvalue weighted by atomic mass is 9.84. The molecule has 0 atom stereocenters. The molecule has 0 saturated carbocycles. The average molecular weight is 813 g/mol. The van der Waals surface area contributed by atoms with E-state index in [4.69, 9.17) is 0 Å². The van der Waals surface area contributed by atoms with Crippen LogP contribution in [0, 0.1) is 0 Å². The number of hydrogen-bond acceptors (Lipinski definition) is 5. The number of carbonyl (C=O) groups is 2. The highest BCUT2D eigenvalue weighted by atomic mass is 32.2. The SMILES string of the molecule is O=C(CN(CCSC(c1ccccc1)(c1ccccc1)c1ccccc1)Cc1ccc(C(=O)O)cc1)NCCSC(c1ccccc1)(c1ccccc1)c1ccccc1. The molecule has 7 aromatic carbocycles. The molecule has 0 radical (unpaired) electrons. The predicted molar refractivity (Wildman–Crippen MR) is 245 cm³/mol. The molecule has 7 heteroatoms. The van der Waals surface area contributed by atoms with Gasteiger partial charge in [0.05, 0.1) is 21.6 Å². The lowest BCUT2D eigenvalue weighted by molar-refractivity contribution is -0.122. The standard InChI is InChI=1S/C52H48N2O3S2/c55-49(53-35-37-58-51(43-19-7-1-8-20-43,44-21-9-2-10-22-44)45-23-11-3-12-24-45)40-54(39-41-31-33-42(34-32-41)50(56)57)36-38-59-52(46-25-13-4-14-26-46,47-27-15-5-16-28-47)48-29-17-6-18-30-48/h1-34H,35-40H2,(H,53,55)(H,56,57). The third kappa shape index (κ3) is 9.89. The zero-order chi connectivity index (χ0) is 40.8. The first-order valence-corrected chi connectivity index (χ1v) is 21.9. The maximum absolute atomic E-state index is 13.9. The van der Waals surface area contributed by atoms with Crippen LogP contribution in [0.1, 0.15) is 49.3 Å². The van der Waals surface area contributed by atoms with Crippen molar-refractivity contribution in [1.29, 1.82) is 0 Å². The summed E-state index contributed by atoms with van der Waals surface area (Å²) in [6.07, 6.45) is 0. The Morgan fingerprint density at radius 2 is 0.814 bits per heavy atom. The van der Waals surface area contributed by atoms with Crippen molar-refractivity contribution >= 4 is 35.4 Å². The number of hydrogen-bond donors (Lipinski definition) is 2. The van der Waals surface area contributed by atoms with Crippen molar-refractivity contribution in [2.75, 3.05) is 31.1 Å². The van der Waals surface area contributed by atoms with Crippen LogP contribution >= 0.6 is 23.5 Å². The van der Waals surface area contributed by atoms with Crippen LogP contribution in [0.25, 0.3) is 0 Å². The van der Waals surface area contributed by atoms with Gasteiger partial charge in [0.2, 0.25) is 5.91 Å². The van der Waals surface area contributed by atoms with Gasteiger partial charge in [-0.15, -0.1) is 23.5 Å². The molecule has 7 rings (SSSR count). The number of carboxylic acids is 1. The summed E-state index contributed by atoms with van der Waals surface area (Å²) in [7, 11) is 0. The number of nitrogens with zero attached hydrogens (tertiary/aromatic N) is 1. The predicted octanol–water partition coefficient (Wildman–Crippen LogP) is 10.8. The Morgan fingerprint density at radius 1 is 0.475 bits per heavy atom. The Labute approximate surface area is 356 Å². The molecule has 1 amide bonds. The molecule has 59 heavy (non-hydrogen) atoms. The van der Waals surface area contributed by atoms with Crippen molar-refractivity contribution < 1.29 is 14.7 Å². The van der Waals surface area contributed by atoms with E-state index in [1.54, 1.807) is 12.1 Å². The van der Waals surface area contributed by atoms with Crippen molar-refractivity contribution in [2.45, 2.75) is 16.0 Å². The zero-order valence-electron chi connectivity index (χ0n) is 32.9. The molecule has 5 nitrogen and oxygen atoms in total. The average Bonchev–Trinajstić information content (AvgIpc) is 3.30. The van der Waals surface area contributed by atoms with Crippen molar-refractivity contribution in [3.63, 3.8) is 0 Å². The minimum atomic E-state index is -0.961. The topological polar surface area (TPSA) is 69.6 Å². The highest BCUT2D eigenvalue weighted by Gasteiger charge is 2.38. The molecular weight excluding hydrogens is 765 g/mol. The number of carbonyl (C=O) groups excluding carboxylic acids is 1. The van der Waals surface area contributed by atoms with E-state index in [2.05, 4.69) is 156 Å². The molecule has 296 valence electrons. The maximum atomic E-state index is 13.9. The lowest BCUT2D eigenvalue weighted by Crippen LogP contribution is -2.39. The summed E-state index contributed by atoms with van der Waals surface area (Å²) >= 11 is 3.69. The van der Waals surface area contributed by atoms with E-state index in [0.717, 1.165) is 11.3 Å². The molecule has 0 spiro atoms. The van der Waals surface area contributed by atoms with E-state index >= 15 is 0 Å². The number of aromatic carboxylic acids is 1. The number of nitrogens with one attached hydrogen (secondary N) is 1. The summed E-state index contributed by atoms with van der Waals surface area (Å²) in [4.78, 5) is 27.7. The minimum Gasteiger partial charge on any atom is -0.478 e. The Hall–Kier alpha value is -5.86. The molecule has 0 aliphatic heterocycles. The Balaban J connectivity index is 1.10. The summed E-state index contributed by atoms with van der Waals surface area (Å²) in [6.45, 7) is 1.81. The van der Waals surface area contributed by atoms with E-state index in [1.807, 2.05) is 72.1 Å². The Kier molecular flexibility index (Phi) is 14.1. The van der Waals surface area contributed by atoms with Crippen LogP contribution in [-0.4, -0.2) is 53.0 Å². The summed E-state index contributed by atoms with van der Waals surface area (Å²) < 4.78 is -0.955. The van der Waals surface area contributed by atoms with E-state index in [9.17, 15) is 14.7 Å². The molecular formula is C52H48N2O3S2. The van der Waals surface area contributed by atoms with Gasteiger partial charge in [-0.2, -0.15) is 0 Å². The number of rotatable bonds is 19. The maximum Gasteiger partial charge on any atom is 0.335 e. The summed E-state index contributed by atoms with van der Waals surface area (Å²) in [5.74, 6) is 0.396. The second-order valence-electron chi connectivity index (χ2n) is 14.3. The first kappa shape index (κ1) is 41.3. The van der Waals surface area contributed by atoms with Gasteiger partial charge >= 0.3 is 5.97 Å². The first-order chi connectivity index (χ1) is 29.0. The van der Waals surface area contributed by atoms with Crippen LogP contribution in [0.4, 0.5) is 0 Å².